The average molecular weight is 225 g/mol. The Morgan fingerprint density at radius 3 is 2.75 bits per heavy atom. The van der Waals surface area contributed by atoms with Crippen LogP contribution in [-0.2, 0) is 23.1 Å². The van der Waals surface area contributed by atoms with Gasteiger partial charge >= 0.3 is 5.97 Å². The summed E-state index contributed by atoms with van der Waals surface area (Å²) in [6, 6.07) is 0. The smallest absolute Gasteiger partial charge is 0.303 e. The zero-order valence-electron chi connectivity index (χ0n) is 9.36. The van der Waals surface area contributed by atoms with Crippen LogP contribution < -0.4 is 5.32 Å². The van der Waals surface area contributed by atoms with Crippen molar-refractivity contribution in [2.24, 2.45) is 7.05 Å². The van der Waals surface area contributed by atoms with E-state index in [0.29, 0.717) is 5.69 Å². The SMILES string of the molecule is CCc1nn(C)cc1NC(=O)CCC(=O)O. The van der Waals surface area contributed by atoms with Gasteiger partial charge in [-0.15, -0.1) is 0 Å². The number of carboxylic acid groups (broad SMARTS) is 1. The van der Waals surface area contributed by atoms with Gasteiger partial charge in [0.25, 0.3) is 0 Å². The standard InChI is InChI=1S/C10H15N3O3/c1-3-7-8(6-13(2)12-7)11-9(14)4-5-10(15)16/h6H,3-5H2,1-2H3,(H,11,14)(H,15,16). The van der Waals surface area contributed by atoms with Crippen LogP contribution in [0.1, 0.15) is 25.5 Å². The molecule has 6 heteroatoms. The van der Waals surface area contributed by atoms with E-state index in [1.165, 1.54) is 0 Å². The number of hydrogen-bond acceptors (Lipinski definition) is 3. The number of aromatic nitrogens is 2. The lowest BCUT2D eigenvalue weighted by Crippen LogP contribution is -2.13. The van der Waals surface area contributed by atoms with Gasteiger partial charge in [-0.1, -0.05) is 6.92 Å². The Bertz CT molecular complexity index is 398. The van der Waals surface area contributed by atoms with Crippen molar-refractivity contribution >= 4 is 17.6 Å². The van der Waals surface area contributed by atoms with E-state index < -0.39 is 5.97 Å². The largest absolute Gasteiger partial charge is 0.481 e. The quantitative estimate of drug-likeness (QED) is 0.775. The number of aryl methyl sites for hydroxylation is 2. The average Bonchev–Trinajstić information content (AvgIpc) is 2.55. The zero-order chi connectivity index (χ0) is 12.1. The van der Waals surface area contributed by atoms with Crippen molar-refractivity contribution in [2.45, 2.75) is 26.2 Å². The van der Waals surface area contributed by atoms with Gasteiger partial charge in [-0.3, -0.25) is 14.3 Å². The van der Waals surface area contributed by atoms with E-state index in [2.05, 4.69) is 10.4 Å². The third kappa shape index (κ3) is 3.38. The van der Waals surface area contributed by atoms with Crippen molar-refractivity contribution in [3.63, 3.8) is 0 Å². The highest BCUT2D eigenvalue weighted by Crippen LogP contribution is 2.13. The fourth-order valence-electron chi connectivity index (χ4n) is 1.33. The number of nitrogens with one attached hydrogen (secondary N) is 1. The summed E-state index contributed by atoms with van der Waals surface area (Å²) in [5.74, 6) is -1.28. The van der Waals surface area contributed by atoms with E-state index in [9.17, 15) is 9.59 Å². The molecule has 1 aromatic rings. The molecule has 1 heterocycles. The van der Waals surface area contributed by atoms with Crippen molar-refractivity contribution in [3.05, 3.63) is 11.9 Å². The molecule has 0 aliphatic heterocycles. The van der Waals surface area contributed by atoms with Crippen molar-refractivity contribution in [1.82, 2.24) is 9.78 Å². The Labute approximate surface area is 93.3 Å². The Morgan fingerprint density at radius 1 is 1.50 bits per heavy atom. The fourth-order valence-corrected chi connectivity index (χ4v) is 1.33. The number of carbonyl (C=O) groups is 2. The predicted molar refractivity (Wildman–Crippen MR) is 58.1 cm³/mol. The first-order chi connectivity index (χ1) is 7.52. The number of aliphatic carboxylic acids is 1. The van der Waals surface area contributed by atoms with Crippen molar-refractivity contribution in [2.75, 3.05) is 5.32 Å². The van der Waals surface area contributed by atoms with Gasteiger partial charge in [0.1, 0.15) is 0 Å². The molecule has 0 atom stereocenters. The summed E-state index contributed by atoms with van der Waals surface area (Å²) in [6.45, 7) is 1.94. The van der Waals surface area contributed by atoms with Gasteiger partial charge in [-0.05, 0) is 6.42 Å². The number of hydrogen-bond donors (Lipinski definition) is 2. The van der Waals surface area contributed by atoms with Crippen LogP contribution in [0, 0.1) is 0 Å². The highest BCUT2D eigenvalue weighted by molar-refractivity contribution is 5.92. The van der Waals surface area contributed by atoms with Crippen LogP contribution in [0.2, 0.25) is 0 Å². The maximum Gasteiger partial charge on any atom is 0.303 e. The molecular weight excluding hydrogens is 210 g/mol. The first kappa shape index (κ1) is 12.2. The van der Waals surface area contributed by atoms with E-state index in [1.807, 2.05) is 6.92 Å². The Kier molecular flexibility index (Phi) is 4.04. The highest BCUT2D eigenvalue weighted by Gasteiger charge is 2.10. The van der Waals surface area contributed by atoms with Crippen LogP contribution in [0.5, 0.6) is 0 Å². The Hall–Kier alpha value is -1.85. The normalized spacial score (nSPS) is 10.1. The zero-order valence-corrected chi connectivity index (χ0v) is 9.36. The van der Waals surface area contributed by atoms with Crippen LogP contribution in [-0.4, -0.2) is 26.8 Å². The molecule has 88 valence electrons. The van der Waals surface area contributed by atoms with Crippen LogP contribution in [0.25, 0.3) is 0 Å². The minimum Gasteiger partial charge on any atom is -0.481 e. The van der Waals surface area contributed by atoms with Gasteiger partial charge in [0.2, 0.25) is 5.91 Å². The molecule has 1 rings (SSSR count). The number of anilines is 1. The molecule has 2 N–H and O–H groups in total. The number of rotatable bonds is 5. The number of carbonyl (C=O) groups excluding carboxylic acids is 1. The number of nitrogens with zero attached hydrogens (tertiary/aromatic N) is 2. The maximum absolute atomic E-state index is 11.4. The molecule has 16 heavy (non-hydrogen) atoms. The lowest BCUT2D eigenvalue weighted by atomic mass is 10.2. The van der Waals surface area contributed by atoms with E-state index in [4.69, 9.17) is 5.11 Å². The molecule has 0 aliphatic rings. The second kappa shape index (κ2) is 5.29. The van der Waals surface area contributed by atoms with Gasteiger partial charge in [-0.25, -0.2) is 0 Å². The molecule has 0 spiro atoms. The Balaban J connectivity index is 2.58. The molecule has 6 nitrogen and oxygen atoms in total. The van der Waals surface area contributed by atoms with E-state index >= 15 is 0 Å². The minimum absolute atomic E-state index is 0.0205. The summed E-state index contributed by atoms with van der Waals surface area (Å²) < 4.78 is 1.62. The first-order valence-electron chi connectivity index (χ1n) is 5.07. The van der Waals surface area contributed by atoms with Gasteiger partial charge in [0.05, 0.1) is 17.8 Å². The molecule has 0 saturated carbocycles. The van der Waals surface area contributed by atoms with Gasteiger partial charge in [0, 0.05) is 19.7 Å². The van der Waals surface area contributed by atoms with E-state index in [1.54, 1.807) is 17.9 Å². The van der Waals surface area contributed by atoms with Crippen LogP contribution in [0.15, 0.2) is 6.20 Å². The fraction of sp³-hybridized carbons (Fsp3) is 0.500. The third-order valence-electron chi connectivity index (χ3n) is 2.08. The lowest BCUT2D eigenvalue weighted by Gasteiger charge is -2.02. The summed E-state index contributed by atoms with van der Waals surface area (Å²) >= 11 is 0. The molecule has 1 aromatic heterocycles. The van der Waals surface area contributed by atoms with Gasteiger partial charge in [-0.2, -0.15) is 5.10 Å². The number of amides is 1. The summed E-state index contributed by atoms with van der Waals surface area (Å²) in [6.07, 6.45) is 2.24. The second-order valence-electron chi connectivity index (χ2n) is 3.46. The second-order valence-corrected chi connectivity index (χ2v) is 3.46. The van der Waals surface area contributed by atoms with Crippen LogP contribution >= 0.6 is 0 Å². The summed E-state index contributed by atoms with van der Waals surface area (Å²) in [4.78, 5) is 21.7. The highest BCUT2D eigenvalue weighted by atomic mass is 16.4. The molecule has 0 unspecified atom stereocenters. The topological polar surface area (TPSA) is 84.2 Å². The minimum atomic E-state index is -0.975. The first-order valence-corrected chi connectivity index (χ1v) is 5.07. The van der Waals surface area contributed by atoms with Crippen LogP contribution in [0.3, 0.4) is 0 Å². The molecule has 1 amide bonds. The number of carboxylic acids is 1. The molecule has 0 fully saturated rings. The molecule has 0 radical (unpaired) electrons. The van der Waals surface area contributed by atoms with Crippen molar-refractivity contribution < 1.29 is 14.7 Å². The third-order valence-corrected chi connectivity index (χ3v) is 2.08. The molecule has 0 bridgehead atoms. The summed E-state index contributed by atoms with van der Waals surface area (Å²) in [5.41, 5.74) is 1.45. The van der Waals surface area contributed by atoms with Gasteiger partial charge in [0.15, 0.2) is 0 Å². The molecular formula is C10H15N3O3. The summed E-state index contributed by atoms with van der Waals surface area (Å²) in [5, 5.41) is 15.3. The van der Waals surface area contributed by atoms with Crippen molar-refractivity contribution in [3.8, 4) is 0 Å². The maximum atomic E-state index is 11.4. The monoisotopic (exact) mass is 225 g/mol. The lowest BCUT2D eigenvalue weighted by molar-refractivity contribution is -0.138. The molecule has 0 saturated heterocycles. The van der Waals surface area contributed by atoms with E-state index in [-0.39, 0.29) is 18.7 Å². The Morgan fingerprint density at radius 2 is 2.19 bits per heavy atom. The van der Waals surface area contributed by atoms with E-state index in [0.717, 1.165) is 12.1 Å². The predicted octanol–water partition coefficient (Wildman–Crippen LogP) is 0.786. The summed E-state index contributed by atoms with van der Waals surface area (Å²) in [7, 11) is 1.77. The molecule has 0 aromatic carbocycles. The molecule has 0 aliphatic carbocycles. The van der Waals surface area contributed by atoms with Crippen LogP contribution in [0.4, 0.5) is 5.69 Å². The van der Waals surface area contributed by atoms with Gasteiger partial charge < -0.3 is 10.4 Å². The van der Waals surface area contributed by atoms with Crippen molar-refractivity contribution in [1.29, 1.82) is 0 Å².